The molecule has 2 aromatic heterocycles. The summed E-state index contributed by atoms with van der Waals surface area (Å²) in [6, 6.07) is 14.5. The van der Waals surface area contributed by atoms with Crippen LogP contribution >= 0.6 is 11.3 Å². The average Bonchev–Trinajstić information content (AvgIpc) is 3.30. The number of nitrogens with one attached hydrogen (secondary N) is 2. The van der Waals surface area contributed by atoms with Crippen molar-refractivity contribution in [1.82, 2.24) is 15.1 Å². The van der Waals surface area contributed by atoms with Crippen molar-refractivity contribution in [3.63, 3.8) is 0 Å². The van der Waals surface area contributed by atoms with Crippen LogP contribution in [0.1, 0.15) is 10.9 Å². The summed E-state index contributed by atoms with van der Waals surface area (Å²) in [6.45, 7) is 0.281. The quantitative estimate of drug-likeness (QED) is 0.700. The third-order valence-corrected chi connectivity index (χ3v) is 4.38. The highest BCUT2D eigenvalue weighted by atomic mass is 32.1. The van der Waals surface area contributed by atoms with E-state index in [1.807, 2.05) is 35.8 Å². The van der Waals surface area contributed by atoms with Gasteiger partial charge in [0.15, 0.2) is 0 Å². The molecule has 0 aliphatic carbocycles. The molecule has 0 radical (unpaired) electrons. The molecule has 2 N–H and O–H groups in total. The van der Waals surface area contributed by atoms with Gasteiger partial charge in [-0.3, -0.25) is 14.3 Å². The van der Waals surface area contributed by atoms with E-state index in [1.54, 1.807) is 46.5 Å². The monoisotopic (exact) mass is 340 g/mol. The molecular weight excluding hydrogens is 324 g/mol. The van der Waals surface area contributed by atoms with Crippen molar-refractivity contribution in [3.8, 4) is 0 Å². The third-order valence-electron chi connectivity index (χ3n) is 3.41. The molecule has 7 heteroatoms. The normalized spacial score (nSPS) is 11.7. The van der Waals surface area contributed by atoms with E-state index in [0.717, 1.165) is 4.88 Å². The molecule has 1 aromatic carbocycles. The van der Waals surface area contributed by atoms with Crippen molar-refractivity contribution in [1.29, 1.82) is 0 Å². The Kier molecular flexibility index (Phi) is 5.02. The zero-order valence-electron chi connectivity index (χ0n) is 12.8. The van der Waals surface area contributed by atoms with Crippen LogP contribution in [-0.2, 0) is 9.59 Å². The van der Waals surface area contributed by atoms with Crippen LogP contribution in [0, 0.1) is 0 Å². The van der Waals surface area contributed by atoms with Gasteiger partial charge in [-0.2, -0.15) is 5.10 Å². The van der Waals surface area contributed by atoms with Gasteiger partial charge in [-0.1, -0.05) is 24.3 Å². The third kappa shape index (κ3) is 3.88. The Morgan fingerprint density at radius 3 is 2.58 bits per heavy atom. The molecule has 122 valence electrons. The minimum Gasteiger partial charge on any atom is -0.345 e. The molecule has 3 aromatic rings. The second-order valence-electron chi connectivity index (χ2n) is 5.05. The van der Waals surface area contributed by atoms with E-state index in [4.69, 9.17) is 0 Å². The predicted molar refractivity (Wildman–Crippen MR) is 92.8 cm³/mol. The zero-order valence-corrected chi connectivity index (χ0v) is 13.6. The SMILES string of the molecule is O=C(NCC(c1cccs1)n1cccn1)C(=O)Nc1ccccc1. The standard InChI is InChI=1S/C17H16N4O2S/c22-16(17(23)20-13-6-2-1-3-7-13)18-12-14(15-8-4-11-24-15)21-10-5-9-19-21/h1-11,14H,12H2,(H,18,22)(H,20,23). The van der Waals surface area contributed by atoms with Gasteiger partial charge >= 0.3 is 11.8 Å². The molecule has 6 nitrogen and oxygen atoms in total. The maximum absolute atomic E-state index is 12.0. The van der Waals surface area contributed by atoms with Crippen molar-refractivity contribution in [2.24, 2.45) is 0 Å². The molecule has 0 fully saturated rings. The molecule has 0 saturated carbocycles. The van der Waals surface area contributed by atoms with Gasteiger partial charge in [0, 0.05) is 29.5 Å². The number of nitrogens with zero attached hydrogens (tertiary/aromatic N) is 2. The number of amides is 2. The number of carbonyl (C=O) groups is 2. The summed E-state index contributed by atoms with van der Waals surface area (Å²) in [5, 5.41) is 11.4. The lowest BCUT2D eigenvalue weighted by molar-refractivity contribution is -0.136. The van der Waals surface area contributed by atoms with Gasteiger partial charge in [0.25, 0.3) is 0 Å². The fourth-order valence-electron chi connectivity index (χ4n) is 2.25. The zero-order chi connectivity index (χ0) is 16.8. The van der Waals surface area contributed by atoms with Gasteiger partial charge in [0.2, 0.25) is 0 Å². The molecule has 0 saturated heterocycles. The fourth-order valence-corrected chi connectivity index (χ4v) is 3.07. The Morgan fingerprint density at radius 1 is 1.08 bits per heavy atom. The summed E-state index contributed by atoms with van der Waals surface area (Å²) in [5.74, 6) is -1.36. The largest absolute Gasteiger partial charge is 0.345 e. The van der Waals surface area contributed by atoms with Crippen LogP contribution < -0.4 is 10.6 Å². The lowest BCUT2D eigenvalue weighted by Gasteiger charge is -2.17. The summed E-state index contributed by atoms with van der Waals surface area (Å²) < 4.78 is 1.77. The first-order valence-electron chi connectivity index (χ1n) is 7.41. The van der Waals surface area contributed by atoms with Crippen molar-refractivity contribution >= 4 is 28.8 Å². The van der Waals surface area contributed by atoms with E-state index in [0.29, 0.717) is 5.69 Å². The molecule has 0 spiro atoms. The molecule has 3 rings (SSSR count). The number of anilines is 1. The Bertz CT molecular complexity index is 751. The molecule has 1 unspecified atom stereocenters. The molecule has 0 bridgehead atoms. The van der Waals surface area contributed by atoms with Crippen LogP contribution in [0.15, 0.2) is 66.3 Å². The molecule has 0 aliphatic rings. The summed E-state index contributed by atoms with van der Waals surface area (Å²) in [5.41, 5.74) is 0.583. The maximum atomic E-state index is 12.0. The Hall–Kier alpha value is -2.93. The van der Waals surface area contributed by atoms with Crippen molar-refractivity contribution in [2.45, 2.75) is 6.04 Å². The lowest BCUT2D eigenvalue weighted by atomic mass is 10.2. The molecule has 0 aliphatic heterocycles. The van der Waals surface area contributed by atoms with Gasteiger partial charge in [-0.05, 0) is 29.6 Å². The topological polar surface area (TPSA) is 76.0 Å². The number of hydrogen-bond donors (Lipinski definition) is 2. The van der Waals surface area contributed by atoms with E-state index in [2.05, 4.69) is 15.7 Å². The molecule has 2 amide bonds. The Labute approximate surface area is 143 Å². The lowest BCUT2D eigenvalue weighted by Crippen LogP contribution is -2.38. The summed E-state index contributed by atoms with van der Waals surface area (Å²) in [6.07, 6.45) is 3.52. The van der Waals surface area contributed by atoms with Crippen LogP contribution in [0.2, 0.25) is 0 Å². The van der Waals surface area contributed by atoms with Crippen LogP contribution in [0.3, 0.4) is 0 Å². The van der Waals surface area contributed by atoms with Crippen LogP contribution in [-0.4, -0.2) is 28.1 Å². The minimum absolute atomic E-state index is 0.145. The van der Waals surface area contributed by atoms with E-state index in [-0.39, 0.29) is 12.6 Å². The van der Waals surface area contributed by atoms with E-state index in [9.17, 15) is 9.59 Å². The van der Waals surface area contributed by atoms with Crippen molar-refractivity contribution < 1.29 is 9.59 Å². The number of benzene rings is 1. The van der Waals surface area contributed by atoms with Gasteiger partial charge in [-0.25, -0.2) is 0 Å². The van der Waals surface area contributed by atoms with Crippen LogP contribution in [0.5, 0.6) is 0 Å². The van der Waals surface area contributed by atoms with Crippen molar-refractivity contribution in [3.05, 3.63) is 71.2 Å². The highest BCUT2D eigenvalue weighted by Gasteiger charge is 2.19. The van der Waals surface area contributed by atoms with E-state index < -0.39 is 11.8 Å². The highest BCUT2D eigenvalue weighted by molar-refractivity contribution is 7.10. The minimum atomic E-state index is -0.688. The summed E-state index contributed by atoms with van der Waals surface area (Å²) in [4.78, 5) is 25.1. The number of hydrogen-bond acceptors (Lipinski definition) is 4. The summed E-state index contributed by atoms with van der Waals surface area (Å²) >= 11 is 1.58. The average molecular weight is 340 g/mol. The number of thiophene rings is 1. The Morgan fingerprint density at radius 2 is 1.92 bits per heavy atom. The predicted octanol–water partition coefficient (Wildman–Crippen LogP) is 2.29. The van der Waals surface area contributed by atoms with Gasteiger partial charge < -0.3 is 10.6 Å². The van der Waals surface area contributed by atoms with Gasteiger partial charge in [-0.15, -0.1) is 11.3 Å². The first kappa shape index (κ1) is 15.9. The summed E-state index contributed by atoms with van der Waals surface area (Å²) in [7, 11) is 0. The molecular formula is C17H16N4O2S. The molecule has 24 heavy (non-hydrogen) atoms. The number of aromatic nitrogens is 2. The van der Waals surface area contributed by atoms with Gasteiger partial charge in [0.1, 0.15) is 6.04 Å². The van der Waals surface area contributed by atoms with Crippen molar-refractivity contribution in [2.75, 3.05) is 11.9 Å². The van der Waals surface area contributed by atoms with E-state index >= 15 is 0 Å². The molecule has 1 atom stereocenters. The number of rotatable bonds is 5. The number of para-hydroxylation sites is 1. The fraction of sp³-hybridized carbons (Fsp3) is 0.118. The first-order valence-corrected chi connectivity index (χ1v) is 8.29. The second kappa shape index (κ2) is 7.56. The second-order valence-corrected chi connectivity index (χ2v) is 6.03. The smallest absolute Gasteiger partial charge is 0.313 e. The highest BCUT2D eigenvalue weighted by Crippen LogP contribution is 2.21. The van der Waals surface area contributed by atoms with Crippen LogP contribution in [0.25, 0.3) is 0 Å². The van der Waals surface area contributed by atoms with Crippen LogP contribution in [0.4, 0.5) is 5.69 Å². The maximum Gasteiger partial charge on any atom is 0.313 e. The Balaban J connectivity index is 1.62. The number of carbonyl (C=O) groups excluding carboxylic acids is 2. The van der Waals surface area contributed by atoms with Gasteiger partial charge in [0.05, 0.1) is 0 Å². The molecule has 2 heterocycles. The first-order chi connectivity index (χ1) is 11.7. The van der Waals surface area contributed by atoms with E-state index in [1.165, 1.54) is 0 Å².